The van der Waals surface area contributed by atoms with Crippen LogP contribution in [0, 0.1) is 0 Å². The number of ether oxygens (including phenoxy) is 1. The van der Waals surface area contributed by atoms with Gasteiger partial charge in [0.05, 0.1) is 6.61 Å². The summed E-state index contributed by atoms with van der Waals surface area (Å²) in [6, 6.07) is 8.77. The lowest BCUT2D eigenvalue weighted by molar-refractivity contribution is 0.0647. The molecule has 1 saturated carbocycles. The quantitative estimate of drug-likeness (QED) is 0.892. The summed E-state index contributed by atoms with van der Waals surface area (Å²) in [6.45, 7) is 1.78. The molecule has 1 atom stereocenters. The molecule has 0 aromatic heterocycles. The minimum Gasteiger partial charge on any atom is -0.380 e. The first-order valence-corrected chi connectivity index (χ1v) is 6.78. The van der Waals surface area contributed by atoms with Gasteiger partial charge in [-0.2, -0.15) is 0 Å². The Morgan fingerprint density at radius 1 is 1.24 bits per heavy atom. The van der Waals surface area contributed by atoms with Gasteiger partial charge in [-0.25, -0.2) is 0 Å². The van der Waals surface area contributed by atoms with Crippen molar-refractivity contribution in [3.8, 4) is 0 Å². The zero-order chi connectivity index (χ0) is 11.7. The largest absolute Gasteiger partial charge is 0.380 e. The SMILES string of the molecule is Clc1ccc(C2(N[C@@H]3CCCOC3)CC2)cc1. The van der Waals surface area contributed by atoms with Crippen molar-refractivity contribution < 1.29 is 4.74 Å². The molecule has 0 amide bonds. The molecule has 0 unspecified atom stereocenters. The van der Waals surface area contributed by atoms with Gasteiger partial charge in [0.2, 0.25) is 0 Å². The van der Waals surface area contributed by atoms with E-state index in [1.165, 1.54) is 31.2 Å². The molecule has 92 valence electrons. The highest BCUT2D eigenvalue weighted by Crippen LogP contribution is 2.46. The monoisotopic (exact) mass is 251 g/mol. The van der Waals surface area contributed by atoms with Gasteiger partial charge < -0.3 is 10.1 Å². The second-order valence-electron chi connectivity index (χ2n) is 5.15. The van der Waals surface area contributed by atoms with Crippen LogP contribution in [0.3, 0.4) is 0 Å². The van der Waals surface area contributed by atoms with E-state index in [-0.39, 0.29) is 5.54 Å². The minimum atomic E-state index is 0.204. The van der Waals surface area contributed by atoms with Gasteiger partial charge in [0.25, 0.3) is 0 Å². The number of nitrogens with one attached hydrogen (secondary N) is 1. The van der Waals surface area contributed by atoms with E-state index in [0.717, 1.165) is 18.2 Å². The molecular weight excluding hydrogens is 234 g/mol. The fourth-order valence-electron chi connectivity index (χ4n) is 2.66. The molecule has 1 aromatic rings. The lowest BCUT2D eigenvalue weighted by Crippen LogP contribution is -2.43. The first-order valence-electron chi connectivity index (χ1n) is 6.40. The Kier molecular flexibility index (Phi) is 3.12. The highest BCUT2D eigenvalue weighted by molar-refractivity contribution is 6.30. The van der Waals surface area contributed by atoms with Gasteiger partial charge in [0, 0.05) is 23.2 Å². The Labute approximate surface area is 107 Å². The van der Waals surface area contributed by atoms with Crippen LogP contribution in [0.4, 0.5) is 0 Å². The predicted octanol–water partition coefficient (Wildman–Crippen LogP) is 3.10. The lowest BCUT2D eigenvalue weighted by atomic mass is 10.0. The van der Waals surface area contributed by atoms with Crippen LogP contribution in [0.2, 0.25) is 5.02 Å². The molecule has 1 aliphatic carbocycles. The summed E-state index contributed by atoms with van der Waals surface area (Å²) in [5.41, 5.74) is 1.57. The topological polar surface area (TPSA) is 21.3 Å². The maximum absolute atomic E-state index is 5.93. The van der Waals surface area contributed by atoms with E-state index < -0.39 is 0 Å². The third-order valence-electron chi connectivity index (χ3n) is 3.79. The first-order chi connectivity index (χ1) is 8.28. The van der Waals surface area contributed by atoms with E-state index in [2.05, 4.69) is 17.4 Å². The van der Waals surface area contributed by atoms with Crippen LogP contribution < -0.4 is 5.32 Å². The predicted molar refractivity (Wildman–Crippen MR) is 69.3 cm³/mol. The van der Waals surface area contributed by atoms with Crippen LogP contribution in [-0.2, 0) is 10.3 Å². The van der Waals surface area contributed by atoms with Crippen LogP contribution in [0.5, 0.6) is 0 Å². The third kappa shape index (κ3) is 2.49. The Morgan fingerprint density at radius 3 is 2.59 bits per heavy atom. The standard InChI is InChI=1S/C14H18ClNO/c15-12-5-3-11(4-6-12)14(7-8-14)16-13-2-1-9-17-10-13/h3-6,13,16H,1-2,7-10H2/t13-/m1/s1. The van der Waals surface area contributed by atoms with Gasteiger partial charge in [-0.1, -0.05) is 23.7 Å². The zero-order valence-electron chi connectivity index (χ0n) is 9.92. The smallest absolute Gasteiger partial charge is 0.0619 e. The molecule has 1 N–H and O–H groups in total. The summed E-state index contributed by atoms with van der Waals surface area (Å²) < 4.78 is 5.53. The molecule has 1 saturated heterocycles. The summed E-state index contributed by atoms with van der Waals surface area (Å²) in [4.78, 5) is 0. The molecule has 3 heteroatoms. The molecule has 2 nitrogen and oxygen atoms in total. The normalized spacial score (nSPS) is 26.8. The Hall–Kier alpha value is -0.570. The van der Waals surface area contributed by atoms with Crippen LogP contribution >= 0.6 is 11.6 Å². The van der Waals surface area contributed by atoms with Gasteiger partial charge in [0.1, 0.15) is 0 Å². The Bertz CT molecular complexity index is 380. The fourth-order valence-corrected chi connectivity index (χ4v) is 2.78. The molecule has 1 aromatic carbocycles. The van der Waals surface area contributed by atoms with Crippen molar-refractivity contribution in [2.75, 3.05) is 13.2 Å². The summed E-state index contributed by atoms with van der Waals surface area (Å²) in [5, 5.41) is 4.58. The number of hydrogen-bond donors (Lipinski definition) is 1. The van der Waals surface area contributed by atoms with Crippen molar-refractivity contribution in [1.82, 2.24) is 5.32 Å². The minimum absolute atomic E-state index is 0.204. The van der Waals surface area contributed by atoms with Crippen LogP contribution in [0.25, 0.3) is 0 Å². The summed E-state index contributed by atoms with van der Waals surface area (Å²) in [6.07, 6.45) is 4.86. The lowest BCUT2D eigenvalue weighted by Gasteiger charge is -2.29. The zero-order valence-corrected chi connectivity index (χ0v) is 10.7. The summed E-state index contributed by atoms with van der Waals surface area (Å²) in [5.74, 6) is 0. The average molecular weight is 252 g/mol. The van der Waals surface area contributed by atoms with Crippen molar-refractivity contribution in [1.29, 1.82) is 0 Å². The van der Waals surface area contributed by atoms with Gasteiger partial charge in [-0.15, -0.1) is 0 Å². The Balaban J connectivity index is 1.70. The van der Waals surface area contributed by atoms with Gasteiger partial charge in [0.15, 0.2) is 0 Å². The molecule has 1 aliphatic heterocycles. The van der Waals surface area contributed by atoms with Crippen molar-refractivity contribution in [3.05, 3.63) is 34.9 Å². The number of rotatable bonds is 3. The van der Waals surface area contributed by atoms with E-state index in [9.17, 15) is 0 Å². The molecule has 0 spiro atoms. The Morgan fingerprint density at radius 2 is 2.00 bits per heavy atom. The number of benzene rings is 1. The van der Waals surface area contributed by atoms with Gasteiger partial charge in [-0.05, 0) is 43.4 Å². The van der Waals surface area contributed by atoms with E-state index in [1.54, 1.807) is 0 Å². The fraction of sp³-hybridized carbons (Fsp3) is 0.571. The molecule has 2 fully saturated rings. The third-order valence-corrected chi connectivity index (χ3v) is 4.04. The van der Waals surface area contributed by atoms with Crippen molar-refractivity contribution in [2.24, 2.45) is 0 Å². The average Bonchev–Trinajstić information content (AvgIpc) is 3.12. The van der Waals surface area contributed by atoms with Gasteiger partial charge >= 0.3 is 0 Å². The van der Waals surface area contributed by atoms with Crippen LogP contribution in [-0.4, -0.2) is 19.3 Å². The van der Waals surface area contributed by atoms with Crippen molar-refractivity contribution in [3.63, 3.8) is 0 Å². The second kappa shape index (κ2) is 4.60. The van der Waals surface area contributed by atoms with Crippen LogP contribution in [0.15, 0.2) is 24.3 Å². The number of halogens is 1. The van der Waals surface area contributed by atoms with Crippen molar-refractivity contribution in [2.45, 2.75) is 37.3 Å². The van der Waals surface area contributed by atoms with Crippen molar-refractivity contribution >= 4 is 11.6 Å². The molecule has 0 radical (unpaired) electrons. The molecule has 2 aliphatic rings. The summed E-state index contributed by atoms with van der Waals surface area (Å²) >= 11 is 5.93. The highest BCUT2D eigenvalue weighted by Gasteiger charge is 2.45. The van der Waals surface area contributed by atoms with E-state index in [1.807, 2.05) is 12.1 Å². The maximum Gasteiger partial charge on any atom is 0.0619 e. The second-order valence-corrected chi connectivity index (χ2v) is 5.58. The van der Waals surface area contributed by atoms with E-state index in [0.29, 0.717) is 6.04 Å². The highest BCUT2D eigenvalue weighted by atomic mass is 35.5. The van der Waals surface area contributed by atoms with Crippen LogP contribution in [0.1, 0.15) is 31.2 Å². The molecular formula is C14H18ClNO. The first kappa shape index (κ1) is 11.5. The van der Waals surface area contributed by atoms with Gasteiger partial charge in [-0.3, -0.25) is 0 Å². The molecule has 17 heavy (non-hydrogen) atoms. The van der Waals surface area contributed by atoms with E-state index >= 15 is 0 Å². The number of hydrogen-bond acceptors (Lipinski definition) is 2. The maximum atomic E-state index is 5.93. The molecule has 1 heterocycles. The molecule has 3 rings (SSSR count). The molecule has 0 bridgehead atoms. The van der Waals surface area contributed by atoms with E-state index in [4.69, 9.17) is 16.3 Å². The summed E-state index contributed by atoms with van der Waals surface area (Å²) in [7, 11) is 0.